The average molecular weight is 166 g/mol. The minimum Gasteiger partial charge on any atom is -0.0596 e. The summed E-state index contributed by atoms with van der Waals surface area (Å²) in [6, 6.07) is 0. The van der Waals surface area contributed by atoms with Gasteiger partial charge in [-0.15, -0.1) is 0 Å². The molecule has 2 bridgehead atoms. The highest BCUT2D eigenvalue weighted by Gasteiger charge is 2.29. The highest BCUT2D eigenvalue weighted by Crippen LogP contribution is 2.43. The summed E-state index contributed by atoms with van der Waals surface area (Å²) in [4.78, 5) is 0. The smallest absolute Gasteiger partial charge is 0.0326 e. The molecule has 0 heterocycles. The second kappa shape index (κ2) is 3.40. The molecule has 3 aliphatic rings. The van der Waals surface area contributed by atoms with E-state index in [0.717, 1.165) is 11.3 Å². The molecule has 0 aromatic carbocycles. The minimum atomic E-state index is 0.741. The lowest BCUT2D eigenvalue weighted by atomic mass is 9.69. The molecule has 3 saturated carbocycles. The maximum atomic E-state index is 2.53. The lowest BCUT2D eigenvalue weighted by molar-refractivity contribution is 0.157. The van der Waals surface area contributed by atoms with Crippen molar-refractivity contribution in [2.45, 2.75) is 64.7 Å². The van der Waals surface area contributed by atoms with Crippen molar-refractivity contribution in [1.82, 2.24) is 0 Å². The lowest BCUT2D eigenvalue weighted by Crippen LogP contribution is -2.23. The molecule has 0 amide bonds. The predicted molar refractivity (Wildman–Crippen MR) is 53.2 cm³/mol. The van der Waals surface area contributed by atoms with Gasteiger partial charge in [-0.1, -0.05) is 45.4 Å². The van der Waals surface area contributed by atoms with Gasteiger partial charge in [-0.25, -0.2) is 0 Å². The standard InChI is InChI=1S/C12H22/c1-12-8-2-5-11(6-3-9-12)7-4-10-12/h11H,2-10H2,1H3. The zero-order valence-corrected chi connectivity index (χ0v) is 8.44. The van der Waals surface area contributed by atoms with Crippen LogP contribution in [0.15, 0.2) is 0 Å². The van der Waals surface area contributed by atoms with E-state index < -0.39 is 0 Å². The zero-order valence-electron chi connectivity index (χ0n) is 8.44. The fourth-order valence-corrected chi connectivity index (χ4v) is 3.26. The summed E-state index contributed by atoms with van der Waals surface area (Å²) >= 11 is 0. The van der Waals surface area contributed by atoms with Gasteiger partial charge in [-0.05, 0) is 30.6 Å². The van der Waals surface area contributed by atoms with Gasteiger partial charge >= 0.3 is 0 Å². The Morgan fingerprint density at radius 2 is 1.25 bits per heavy atom. The Morgan fingerprint density at radius 1 is 0.833 bits per heavy atom. The fourth-order valence-electron chi connectivity index (χ4n) is 3.26. The van der Waals surface area contributed by atoms with Crippen molar-refractivity contribution in [2.75, 3.05) is 0 Å². The van der Waals surface area contributed by atoms with Crippen molar-refractivity contribution in [3.8, 4) is 0 Å². The van der Waals surface area contributed by atoms with Crippen LogP contribution >= 0.6 is 0 Å². The van der Waals surface area contributed by atoms with E-state index in [0.29, 0.717) is 0 Å². The highest BCUT2D eigenvalue weighted by atomic mass is 14.3. The quantitative estimate of drug-likeness (QED) is 0.507. The van der Waals surface area contributed by atoms with Crippen LogP contribution in [0.1, 0.15) is 64.7 Å². The zero-order chi connectivity index (χ0) is 8.44. The third-order valence-corrected chi connectivity index (χ3v) is 4.18. The number of rotatable bonds is 0. The minimum absolute atomic E-state index is 0.741. The summed E-state index contributed by atoms with van der Waals surface area (Å²) in [5.74, 6) is 1.11. The Balaban J connectivity index is 2.06. The van der Waals surface area contributed by atoms with Crippen LogP contribution in [-0.2, 0) is 0 Å². The first-order chi connectivity index (χ1) is 5.79. The Labute approximate surface area is 76.7 Å². The third-order valence-electron chi connectivity index (χ3n) is 4.18. The van der Waals surface area contributed by atoms with E-state index in [1.807, 2.05) is 0 Å². The first kappa shape index (κ1) is 8.59. The van der Waals surface area contributed by atoms with Crippen molar-refractivity contribution in [3.05, 3.63) is 0 Å². The largest absolute Gasteiger partial charge is 0.0596 e. The maximum Gasteiger partial charge on any atom is -0.0326 e. The molecule has 0 nitrogen and oxygen atoms in total. The monoisotopic (exact) mass is 166 g/mol. The Hall–Kier alpha value is 0. The Kier molecular flexibility index (Phi) is 2.43. The van der Waals surface area contributed by atoms with Crippen molar-refractivity contribution in [2.24, 2.45) is 11.3 Å². The first-order valence-corrected chi connectivity index (χ1v) is 5.79. The Morgan fingerprint density at radius 3 is 1.67 bits per heavy atom. The molecule has 0 unspecified atom stereocenters. The van der Waals surface area contributed by atoms with Gasteiger partial charge in [0.25, 0.3) is 0 Å². The fraction of sp³-hybridized carbons (Fsp3) is 1.00. The molecule has 0 atom stereocenters. The van der Waals surface area contributed by atoms with E-state index in [9.17, 15) is 0 Å². The second-order valence-corrected chi connectivity index (χ2v) is 5.35. The summed E-state index contributed by atoms with van der Waals surface area (Å²) in [6.45, 7) is 2.53. The van der Waals surface area contributed by atoms with Crippen LogP contribution in [0.2, 0.25) is 0 Å². The van der Waals surface area contributed by atoms with Gasteiger partial charge in [-0.2, -0.15) is 0 Å². The van der Waals surface area contributed by atoms with Crippen LogP contribution in [0.3, 0.4) is 0 Å². The summed E-state index contributed by atoms with van der Waals surface area (Å²) < 4.78 is 0. The maximum absolute atomic E-state index is 2.53. The number of hydrogen-bond donors (Lipinski definition) is 0. The molecular formula is C12H22. The van der Waals surface area contributed by atoms with Gasteiger partial charge in [0.15, 0.2) is 0 Å². The normalized spacial score (nSPS) is 43.2. The molecule has 3 aliphatic carbocycles. The molecule has 3 rings (SSSR count). The van der Waals surface area contributed by atoms with Gasteiger partial charge in [0.05, 0.1) is 0 Å². The van der Waals surface area contributed by atoms with Crippen molar-refractivity contribution in [1.29, 1.82) is 0 Å². The molecule has 0 radical (unpaired) electrons. The molecule has 12 heavy (non-hydrogen) atoms. The van der Waals surface area contributed by atoms with Crippen LogP contribution in [0, 0.1) is 11.3 Å². The predicted octanol–water partition coefficient (Wildman–Crippen LogP) is 4.15. The van der Waals surface area contributed by atoms with E-state index in [-0.39, 0.29) is 0 Å². The van der Waals surface area contributed by atoms with Crippen LogP contribution < -0.4 is 0 Å². The molecule has 0 aromatic heterocycles. The van der Waals surface area contributed by atoms with Crippen molar-refractivity contribution in [3.63, 3.8) is 0 Å². The molecular weight excluding hydrogens is 144 g/mol. The van der Waals surface area contributed by atoms with Gasteiger partial charge in [-0.3, -0.25) is 0 Å². The summed E-state index contributed by atoms with van der Waals surface area (Å²) in [5, 5.41) is 0. The third kappa shape index (κ3) is 1.84. The van der Waals surface area contributed by atoms with Crippen LogP contribution in [0.4, 0.5) is 0 Å². The van der Waals surface area contributed by atoms with Gasteiger partial charge in [0, 0.05) is 0 Å². The molecule has 0 saturated heterocycles. The van der Waals surface area contributed by atoms with E-state index in [1.165, 1.54) is 57.8 Å². The summed E-state index contributed by atoms with van der Waals surface area (Å²) in [7, 11) is 0. The second-order valence-electron chi connectivity index (χ2n) is 5.35. The van der Waals surface area contributed by atoms with Gasteiger partial charge in [0.2, 0.25) is 0 Å². The molecule has 0 aliphatic heterocycles. The SMILES string of the molecule is CC12CCCC(CCC1)CCC2. The first-order valence-electron chi connectivity index (χ1n) is 5.79. The van der Waals surface area contributed by atoms with E-state index in [1.54, 1.807) is 0 Å². The van der Waals surface area contributed by atoms with Gasteiger partial charge < -0.3 is 0 Å². The molecule has 70 valence electrons. The topological polar surface area (TPSA) is 0 Å². The lowest BCUT2D eigenvalue weighted by Gasteiger charge is -2.37. The molecule has 0 heteroatoms. The van der Waals surface area contributed by atoms with Crippen molar-refractivity contribution < 1.29 is 0 Å². The average Bonchev–Trinajstić information content (AvgIpc) is 1.93. The van der Waals surface area contributed by atoms with Gasteiger partial charge in [0.1, 0.15) is 0 Å². The number of fused-ring (bicyclic) bond motifs is 6. The van der Waals surface area contributed by atoms with Crippen LogP contribution in [0.5, 0.6) is 0 Å². The Bertz CT molecular complexity index is 122. The van der Waals surface area contributed by atoms with Crippen LogP contribution in [-0.4, -0.2) is 0 Å². The van der Waals surface area contributed by atoms with E-state index in [2.05, 4.69) is 6.92 Å². The molecule has 0 N–H and O–H groups in total. The van der Waals surface area contributed by atoms with Crippen molar-refractivity contribution >= 4 is 0 Å². The van der Waals surface area contributed by atoms with Crippen LogP contribution in [0.25, 0.3) is 0 Å². The highest BCUT2D eigenvalue weighted by molar-refractivity contribution is 4.81. The molecule has 0 spiro atoms. The number of hydrogen-bond acceptors (Lipinski definition) is 0. The summed E-state index contributed by atoms with van der Waals surface area (Å²) in [6.07, 6.45) is 13.7. The van der Waals surface area contributed by atoms with E-state index >= 15 is 0 Å². The van der Waals surface area contributed by atoms with E-state index in [4.69, 9.17) is 0 Å². The molecule has 0 aromatic rings. The summed E-state index contributed by atoms with van der Waals surface area (Å²) in [5.41, 5.74) is 0.741. The molecule has 3 fully saturated rings.